The summed E-state index contributed by atoms with van der Waals surface area (Å²) in [5.74, 6) is -0.164. The lowest BCUT2D eigenvalue weighted by atomic mass is 10.1. The van der Waals surface area contributed by atoms with Crippen molar-refractivity contribution in [3.8, 4) is 11.3 Å². The second-order valence-corrected chi connectivity index (χ2v) is 8.64. The number of aromatic nitrogens is 2. The maximum atomic E-state index is 12.6. The number of H-pyrrole nitrogens is 1. The molecular weight excluding hydrogens is 392 g/mol. The number of aromatic amines is 1. The quantitative estimate of drug-likeness (QED) is 0.685. The molecule has 29 heavy (non-hydrogen) atoms. The van der Waals surface area contributed by atoms with Crippen LogP contribution in [0, 0.1) is 0 Å². The molecular formula is C20H18N4O4S. The van der Waals surface area contributed by atoms with Gasteiger partial charge in [0.05, 0.1) is 17.1 Å². The summed E-state index contributed by atoms with van der Waals surface area (Å²) in [6.45, 7) is 0.458. The van der Waals surface area contributed by atoms with Crippen LogP contribution in [0.5, 0.6) is 0 Å². The number of amides is 1. The smallest absolute Gasteiger partial charge is 0.264 e. The van der Waals surface area contributed by atoms with Crippen LogP contribution in [0.3, 0.4) is 0 Å². The minimum Gasteiger partial charge on any atom is -0.322 e. The largest absolute Gasteiger partial charge is 0.322 e. The Morgan fingerprint density at radius 1 is 1.07 bits per heavy atom. The molecule has 1 saturated heterocycles. The summed E-state index contributed by atoms with van der Waals surface area (Å²) in [5.41, 5.74) is 2.59. The zero-order chi connectivity index (χ0) is 20.4. The van der Waals surface area contributed by atoms with E-state index in [9.17, 15) is 18.0 Å². The van der Waals surface area contributed by atoms with Crippen molar-refractivity contribution in [2.75, 3.05) is 21.9 Å². The highest BCUT2D eigenvalue weighted by Gasteiger charge is 2.28. The molecule has 3 aromatic rings. The van der Waals surface area contributed by atoms with Crippen LogP contribution in [0.2, 0.25) is 0 Å². The Bertz CT molecular complexity index is 1200. The molecule has 0 saturated carbocycles. The lowest BCUT2D eigenvalue weighted by Gasteiger charge is -2.17. The average Bonchev–Trinajstić information content (AvgIpc) is 3.08. The fraction of sp³-hybridized carbons (Fsp3) is 0.150. The molecule has 0 bridgehead atoms. The van der Waals surface area contributed by atoms with Crippen LogP contribution in [-0.4, -0.2) is 36.8 Å². The highest BCUT2D eigenvalue weighted by atomic mass is 32.2. The van der Waals surface area contributed by atoms with Crippen LogP contribution in [0.4, 0.5) is 11.4 Å². The van der Waals surface area contributed by atoms with E-state index in [1.54, 1.807) is 48.5 Å². The molecule has 0 spiro atoms. The van der Waals surface area contributed by atoms with Crippen LogP contribution >= 0.6 is 0 Å². The van der Waals surface area contributed by atoms with E-state index in [-0.39, 0.29) is 17.2 Å². The maximum absolute atomic E-state index is 12.6. The van der Waals surface area contributed by atoms with E-state index in [1.807, 2.05) is 6.07 Å². The fourth-order valence-electron chi connectivity index (χ4n) is 3.17. The number of nitrogens with one attached hydrogen (secondary N) is 2. The normalized spacial score (nSPS) is 15.2. The fourth-order valence-corrected chi connectivity index (χ4v) is 4.74. The maximum Gasteiger partial charge on any atom is 0.264 e. The van der Waals surface area contributed by atoms with Gasteiger partial charge in [0.15, 0.2) is 0 Å². The van der Waals surface area contributed by atoms with Gasteiger partial charge < -0.3 is 5.32 Å². The van der Waals surface area contributed by atoms with Crippen LogP contribution in [0.15, 0.2) is 65.5 Å². The van der Waals surface area contributed by atoms with E-state index in [0.717, 1.165) is 5.56 Å². The molecule has 0 aliphatic carbocycles. The summed E-state index contributed by atoms with van der Waals surface area (Å²) in [6.07, 6.45) is 0.602. The standard InChI is InChI=1S/C20H18N4O4S/c25-19-10-9-18(22-23-19)15-3-1-4-16(13-15)21-20(26)14-5-7-17(8-6-14)24-11-2-12-29(24,27)28/h1,3-10,13H,2,11-12H2,(H,21,26)(H,23,25). The molecule has 1 fully saturated rings. The van der Waals surface area contributed by atoms with Crippen LogP contribution in [-0.2, 0) is 10.0 Å². The lowest BCUT2D eigenvalue weighted by Crippen LogP contribution is -2.25. The Balaban J connectivity index is 1.50. The van der Waals surface area contributed by atoms with Crippen molar-refractivity contribution >= 4 is 27.3 Å². The van der Waals surface area contributed by atoms with Gasteiger partial charge in [-0.1, -0.05) is 12.1 Å². The number of carbonyl (C=O) groups excluding carboxylic acids is 1. The van der Waals surface area contributed by atoms with Gasteiger partial charge >= 0.3 is 0 Å². The molecule has 0 atom stereocenters. The molecule has 9 heteroatoms. The zero-order valence-electron chi connectivity index (χ0n) is 15.3. The predicted octanol–water partition coefficient (Wildman–Crippen LogP) is 2.23. The van der Waals surface area contributed by atoms with E-state index in [4.69, 9.17) is 0 Å². The van der Waals surface area contributed by atoms with Crippen LogP contribution < -0.4 is 15.2 Å². The monoisotopic (exact) mass is 410 g/mol. The van der Waals surface area contributed by atoms with Gasteiger partial charge in [-0.15, -0.1) is 0 Å². The molecule has 8 nitrogen and oxygen atoms in total. The van der Waals surface area contributed by atoms with E-state index in [2.05, 4.69) is 15.5 Å². The molecule has 1 aliphatic heterocycles. The van der Waals surface area contributed by atoms with Crippen molar-refractivity contribution in [3.63, 3.8) is 0 Å². The first-order valence-corrected chi connectivity index (χ1v) is 10.6. The summed E-state index contributed by atoms with van der Waals surface area (Å²) in [4.78, 5) is 23.7. The molecule has 0 radical (unpaired) electrons. The van der Waals surface area contributed by atoms with Gasteiger partial charge in [0, 0.05) is 29.4 Å². The number of hydrogen-bond donors (Lipinski definition) is 2. The number of benzene rings is 2. The molecule has 2 heterocycles. The number of carbonyl (C=O) groups is 1. The van der Waals surface area contributed by atoms with Crippen molar-refractivity contribution in [1.82, 2.24) is 10.2 Å². The van der Waals surface area contributed by atoms with Crippen molar-refractivity contribution < 1.29 is 13.2 Å². The van der Waals surface area contributed by atoms with Gasteiger partial charge in [-0.25, -0.2) is 13.5 Å². The first-order valence-electron chi connectivity index (χ1n) is 9.00. The third-order valence-corrected chi connectivity index (χ3v) is 6.48. The zero-order valence-corrected chi connectivity index (χ0v) is 16.1. The number of anilines is 2. The molecule has 2 N–H and O–H groups in total. The van der Waals surface area contributed by atoms with Crippen LogP contribution in [0.25, 0.3) is 11.3 Å². The summed E-state index contributed by atoms with van der Waals surface area (Å²) in [7, 11) is -3.25. The summed E-state index contributed by atoms with van der Waals surface area (Å²) < 4.78 is 25.4. The van der Waals surface area contributed by atoms with Gasteiger partial charge in [-0.05, 0) is 48.9 Å². The van der Waals surface area contributed by atoms with E-state index >= 15 is 0 Å². The highest BCUT2D eigenvalue weighted by Crippen LogP contribution is 2.25. The van der Waals surface area contributed by atoms with Crippen LogP contribution in [0.1, 0.15) is 16.8 Å². The van der Waals surface area contributed by atoms with Crippen molar-refractivity contribution in [1.29, 1.82) is 0 Å². The molecule has 1 amide bonds. The second-order valence-electron chi connectivity index (χ2n) is 6.63. The second kappa shape index (κ2) is 7.51. The molecule has 1 aliphatic rings. The highest BCUT2D eigenvalue weighted by molar-refractivity contribution is 7.93. The molecule has 0 unspecified atom stereocenters. The minimum absolute atomic E-state index is 0.149. The topological polar surface area (TPSA) is 112 Å². The third kappa shape index (κ3) is 4.04. The Kier molecular flexibility index (Phi) is 4.89. The first-order chi connectivity index (χ1) is 13.9. The van der Waals surface area contributed by atoms with Gasteiger partial charge in [0.1, 0.15) is 0 Å². The Morgan fingerprint density at radius 3 is 2.52 bits per heavy atom. The van der Waals surface area contributed by atoms with Gasteiger partial charge in [0.25, 0.3) is 11.5 Å². The number of nitrogens with zero attached hydrogens (tertiary/aromatic N) is 2. The Labute approximate surface area is 167 Å². The third-order valence-electron chi connectivity index (χ3n) is 4.61. The Hall–Kier alpha value is -3.46. The van der Waals surface area contributed by atoms with Crippen molar-refractivity contribution in [3.05, 3.63) is 76.6 Å². The first kappa shape index (κ1) is 18.9. The van der Waals surface area contributed by atoms with Gasteiger partial charge in [-0.2, -0.15) is 5.10 Å². The minimum atomic E-state index is -3.25. The summed E-state index contributed by atoms with van der Waals surface area (Å²) in [6, 6.07) is 16.6. The molecule has 2 aromatic carbocycles. The number of rotatable bonds is 4. The molecule has 4 rings (SSSR count). The molecule has 1 aromatic heterocycles. The van der Waals surface area contributed by atoms with E-state index in [1.165, 1.54) is 10.4 Å². The SMILES string of the molecule is O=C(Nc1cccc(-c2ccc(=O)[nH]n2)c1)c1ccc(N2CCCS2(=O)=O)cc1. The van der Waals surface area contributed by atoms with Gasteiger partial charge in [-0.3, -0.25) is 13.9 Å². The van der Waals surface area contributed by atoms with E-state index in [0.29, 0.717) is 35.6 Å². The summed E-state index contributed by atoms with van der Waals surface area (Å²) in [5, 5.41) is 9.18. The van der Waals surface area contributed by atoms with Gasteiger partial charge in [0.2, 0.25) is 10.0 Å². The molecule has 148 valence electrons. The summed E-state index contributed by atoms with van der Waals surface area (Å²) >= 11 is 0. The van der Waals surface area contributed by atoms with Crippen molar-refractivity contribution in [2.24, 2.45) is 0 Å². The number of hydrogen-bond acceptors (Lipinski definition) is 5. The predicted molar refractivity (Wildman–Crippen MR) is 110 cm³/mol. The number of sulfonamides is 1. The lowest BCUT2D eigenvalue weighted by molar-refractivity contribution is 0.102. The Morgan fingerprint density at radius 2 is 1.86 bits per heavy atom. The average molecular weight is 410 g/mol. The van der Waals surface area contributed by atoms with Crippen molar-refractivity contribution in [2.45, 2.75) is 6.42 Å². The van der Waals surface area contributed by atoms with E-state index < -0.39 is 10.0 Å².